The molecule has 2 rings (SSSR count). The van der Waals surface area contributed by atoms with Crippen molar-refractivity contribution in [3.63, 3.8) is 0 Å². The predicted molar refractivity (Wildman–Crippen MR) is 99.0 cm³/mol. The molecular weight excluding hydrogens is 316 g/mol. The summed E-state index contributed by atoms with van der Waals surface area (Å²) in [7, 11) is 0. The van der Waals surface area contributed by atoms with Gasteiger partial charge in [-0.15, -0.1) is 0 Å². The van der Waals surface area contributed by atoms with E-state index in [0.29, 0.717) is 12.8 Å². The third-order valence-corrected chi connectivity index (χ3v) is 5.46. The van der Waals surface area contributed by atoms with Gasteiger partial charge in [0.2, 0.25) is 0 Å². The van der Waals surface area contributed by atoms with Crippen LogP contribution >= 0.6 is 0 Å². The fourth-order valence-corrected chi connectivity index (χ4v) is 3.92. The van der Waals surface area contributed by atoms with Gasteiger partial charge < -0.3 is 14.9 Å². The summed E-state index contributed by atoms with van der Waals surface area (Å²) in [5, 5.41) is 21.0. The third kappa shape index (κ3) is 6.27. The van der Waals surface area contributed by atoms with E-state index in [0.717, 1.165) is 44.9 Å². The summed E-state index contributed by atoms with van der Waals surface area (Å²) in [6.07, 6.45) is 14.7. The quantitative estimate of drug-likeness (QED) is 0.433. The molecule has 4 heteroatoms. The molecule has 0 aromatic rings. The first-order valence-electron chi connectivity index (χ1n) is 9.87. The molecule has 0 amide bonds. The lowest BCUT2D eigenvalue weighted by atomic mass is 9.87. The number of ether oxygens (including phenoxy) is 1. The highest BCUT2D eigenvalue weighted by Crippen LogP contribution is 2.39. The Morgan fingerprint density at radius 3 is 2.92 bits per heavy atom. The third-order valence-electron chi connectivity index (χ3n) is 5.46. The van der Waals surface area contributed by atoms with Gasteiger partial charge in [-0.3, -0.25) is 4.79 Å². The van der Waals surface area contributed by atoms with Gasteiger partial charge in [-0.2, -0.15) is 0 Å². The van der Waals surface area contributed by atoms with E-state index >= 15 is 0 Å². The molecule has 142 valence electrons. The van der Waals surface area contributed by atoms with Crippen LogP contribution in [0.4, 0.5) is 0 Å². The highest BCUT2D eigenvalue weighted by molar-refractivity contribution is 5.69. The van der Waals surface area contributed by atoms with E-state index in [1.54, 1.807) is 0 Å². The molecule has 0 saturated heterocycles. The first kappa shape index (κ1) is 20.2. The number of aliphatic hydroxyl groups is 2. The number of carbonyl (C=O) groups is 1. The van der Waals surface area contributed by atoms with Gasteiger partial charge >= 0.3 is 5.97 Å². The molecule has 1 fully saturated rings. The fraction of sp³-hybridized carbons (Fsp3) is 0.762. The lowest BCUT2D eigenvalue weighted by Gasteiger charge is -2.25. The van der Waals surface area contributed by atoms with Gasteiger partial charge in [0.05, 0.1) is 11.7 Å². The predicted octanol–water partition coefficient (Wildman–Crippen LogP) is 3.91. The molecule has 0 radical (unpaired) electrons. The summed E-state index contributed by atoms with van der Waals surface area (Å²) in [4.78, 5) is 11.9. The zero-order valence-electron chi connectivity index (χ0n) is 15.7. The van der Waals surface area contributed by atoms with E-state index < -0.39 is 11.7 Å². The standard InChI is InChI=1S/C21H34O4/c1-3-4-9-13-21(2,24)14-12-16-17-10-7-5-6-8-11-20(23)25-19(17)15-18(16)22/h5,7,12,14,16-19,22,24H,3-4,6,8-11,13,15H2,1-2H3/b7-5-,14-12+/t16-,17-,18-,19+,21-/m1/s1. The number of esters is 1. The molecule has 0 aromatic carbocycles. The van der Waals surface area contributed by atoms with E-state index in [4.69, 9.17) is 4.74 Å². The molecule has 1 aliphatic heterocycles. The van der Waals surface area contributed by atoms with Crippen LogP contribution in [-0.2, 0) is 9.53 Å². The van der Waals surface area contributed by atoms with Crippen LogP contribution in [0.3, 0.4) is 0 Å². The maximum Gasteiger partial charge on any atom is 0.306 e. The molecule has 0 aromatic heterocycles. The Hall–Kier alpha value is -1.13. The minimum absolute atomic E-state index is 0.0796. The summed E-state index contributed by atoms with van der Waals surface area (Å²) >= 11 is 0. The van der Waals surface area contributed by atoms with Crippen LogP contribution in [0.15, 0.2) is 24.3 Å². The van der Waals surface area contributed by atoms with Crippen molar-refractivity contribution >= 4 is 5.97 Å². The number of aliphatic hydroxyl groups excluding tert-OH is 1. The number of hydrogen-bond donors (Lipinski definition) is 2. The van der Waals surface area contributed by atoms with Crippen molar-refractivity contribution in [2.45, 2.75) is 89.4 Å². The van der Waals surface area contributed by atoms with E-state index in [1.165, 1.54) is 0 Å². The zero-order valence-corrected chi connectivity index (χ0v) is 15.7. The minimum Gasteiger partial charge on any atom is -0.462 e. The second kappa shape index (κ2) is 9.54. The first-order valence-corrected chi connectivity index (χ1v) is 9.87. The van der Waals surface area contributed by atoms with Gasteiger partial charge in [0.1, 0.15) is 6.10 Å². The average Bonchev–Trinajstić information content (AvgIpc) is 2.84. The maximum atomic E-state index is 11.9. The van der Waals surface area contributed by atoms with Gasteiger partial charge in [-0.1, -0.05) is 50.5 Å². The second-order valence-corrected chi connectivity index (χ2v) is 7.85. The minimum atomic E-state index is -0.852. The second-order valence-electron chi connectivity index (χ2n) is 7.85. The van der Waals surface area contributed by atoms with Gasteiger partial charge in [-0.25, -0.2) is 0 Å². The van der Waals surface area contributed by atoms with E-state index in [1.807, 2.05) is 19.1 Å². The molecule has 0 unspecified atom stereocenters. The van der Waals surface area contributed by atoms with Crippen molar-refractivity contribution in [2.24, 2.45) is 11.8 Å². The molecule has 1 aliphatic carbocycles. The normalized spacial score (nSPS) is 34.3. The Balaban J connectivity index is 2.06. The van der Waals surface area contributed by atoms with E-state index in [9.17, 15) is 15.0 Å². The van der Waals surface area contributed by atoms with Gasteiger partial charge in [-0.05, 0) is 32.6 Å². The van der Waals surface area contributed by atoms with Gasteiger partial charge in [0.25, 0.3) is 0 Å². The Morgan fingerprint density at radius 2 is 2.16 bits per heavy atom. The topological polar surface area (TPSA) is 66.8 Å². The highest BCUT2D eigenvalue weighted by Gasteiger charge is 2.43. The molecule has 5 atom stereocenters. The van der Waals surface area contributed by atoms with Crippen molar-refractivity contribution in [2.75, 3.05) is 0 Å². The van der Waals surface area contributed by atoms with Crippen molar-refractivity contribution < 1.29 is 19.7 Å². The summed E-state index contributed by atoms with van der Waals surface area (Å²) in [6, 6.07) is 0. The van der Waals surface area contributed by atoms with Crippen molar-refractivity contribution in [3.05, 3.63) is 24.3 Å². The molecular formula is C21H34O4. The largest absolute Gasteiger partial charge is 0.462 e. The summed E-state index contributed by atoms with van der Waals surface area (Å²) < 4.78 is 5.63. The van der Waals surface area contributed by atoms with Gasteiger partial charge in [0.15, 0.2) is 0 Å². The summed E-state index contributed by atoms with van der Waals surface area (Å²) in [5.41, 5.74) is -0.852. The SMILES string of the molecule is CCCCC[C@@](C)(O)/C=C/[C@@H]1[C@H]2C/C=C\CCCC(=O)O[C@H]2C[C@H]1O. The number of hydrogen-bond acceptors (Lipinski definition) is 4. The molecule has 1 heterocycles. The Kier molecular flexibility index (Phi) is 7.70. The van der Waals surface area contributed by atoms with Crippen LogP contribution in [-0.4, -0.2) is 34.0 Å². The van der Waals surface area contributed by atoms with Crippen LogP contribution in [0.1, 0.15) is 71.6 Å². The Morgan fingerprint density at radius 1 is 1.36 bits per heavy atom. The molecule has 25 heavy (non-hydrogen) atoms. The smallest absolute Gasteiger partial charge is 0.306 e. The van der Waals surface area contributed by atoms with Gasteiger partial charge in [0, 0.05) is 24.7 Å². The molecule has 0 bridgehead atoms. The fourth-order valence-electron chi connectivity index (χ4n) is 3.92. The van der Waals surface area contributed by atoms with Crippen molar-refractivity contribution in [3.8, 4) is 0 Å². The Labute approximate surface area is 152 Å². The van der Waals surface area contributed by atoms with Crippen molar-refractivity contribution in [1.82, 2.24) is 0 Å². The van der Waals surface area contributed by atoms with Crippen LogP contribution < -0.4 is 0 Å². The molecule has 2 N–H and O–H groups in total. The molecule has 2 aliphatic rings. The monoisotopic (exact) mass is 350 g/mol. The van der Waals surface area contributed by atoms with Crippen LogP contribution in [0.5, 0.6) is 0 Å². The van der Waals surface area contributed by atoms with Crippen molar-refractivity contribution in [1.29, 1.82) is 0 Å². The Bertz CT molecular complexity index is 480. The highest BCUT2D eigenvalue weighted by atomic mass is 16.5. The lowest BCUT2D eigenvalue weighted by molar-refractivity contribution is -0.151. The number of unbranched alkanes of at least 4 members (excludes halogenated alkanes) is 2. The number of rotatable bonds is 6. The number of carbonyl (C=O) groups excluding carboxylic acids is 1. The zero-order chi connectivity index (χ0) is 18.3. The van der Waals surface area contributed by atoms with Crippen LogP contribution in [0.2, 0.25) is 0 Å². The number of allylic oxidation sites excluding steroid dienone is 2. The molecule has 4 nitrogen and oxygen atoms in total. The maximum absolute atomic E-state index is 11.9. The van der Waals surface area contributed by atoms with Crippen LogP contribution in [0.25, 0.3) is 0 Å². The molecule has 0 spiro atoms. The summed E-state index contributed by atoms with van der Waals surface area (Å²) in [6.45, 7) is 3.97. The van der Waals surface area contributed by atoms with E-state index in [-0.39, 0.29) is 23.9 Å². The number of fused-ring (bicyclic) bond motifs is 1. The van der Waals surface area contributed by atoms with E-state index in [2.05, 4.69) is 19.1 Å². The summed E-state index contributed by atoms with van der Waals surface area (Å²) in [5.74, 6) is -0.163. The lowest BCUT2D eigenvalue weighted by Crippen LogP contribution is -2.26. The molecule has 1 saturated carbocycles. The van der Waals surface area contributed by atoms with Crippen LogP contribution in [0, 0.1) is 11.8 Å². The first-order chi connectivity index (χ1) is 11.9. The average molecular weight is 350 g/mol.